The molecule has 2 atom stereocenters. The minimum Gasteiger partial charge on any atom is -0.396 e. The summed E-state index contributed by atoms with van der Waals surface area (Å²) in [6, 6.07) is 0. The van der Waals surface area contributed by atoms with Gasteiger partial charge in [0.15, 0.2) is 0 Å². The molecule has 0 saturated heterocycles. The quantitative estimate of drug-likeness (QED) is 0.696. The van der Waals surface area contributed by atoms with Crippen molar-refractivity contribution in [3.63, 3.8) is 0 Å². The maximum absolute atomic E-state index is 9.29. The molecule has 2 saturated carbocycles. The number of aliphatic hydroxyl groups excluding tert-OH is 1. The molecule has 0 heterocycles. The molecule has 0 aromatic rings. The summed E-state index contributed by atoms with van der Waals surface area (Å²) in [5, 5.41) is 9.29. The summed E-state index contributed by atoms with van der Waals surface area (Å²) in [5.41, 5.74) is 0.271. The van der Waals surface area contributed by atoms with Gasteiger partial charge in [0, 0.05) is 6.61 Å². The molecule has 0 aromatic carbocycles. The van der Waals surface area contributed by atoms with E-state index in [9.17, 15) is 5.11 Å². The zero-order valence-electron chi connectivity index (χ0n) is 8.76. The molecule has 2 rings (SSSR count). The summed E-state index contributed by atoms with van der Waals surface area (Å²) < 4.78 is 0. The van der Waals surface area contributed by atoms with Crippen LogP contribution in [-0.2, 0) is 0 Å². The van der Waals surface area contributed by atoms with E-state index in [-0.39, 0.29) is 5.41 Å². The minimum absolute atomic E-state index is 0.271. The summed E-state index contributed by atoms with van der Waals surface area (Å²) in [5.74, 6) is 1.95. The van der Waals surface area contributed by atoms with E-state index in [2.05, 4.69) is 6.92 Å². The molecule has 13 heavy (non-hydrogen) atoms. The Bertz CT molecular complexity index is 172. The van der Waals surface area contributed by atoms with Crippen LogP contribution >= 0.6 is 0 Å². The van der Waals surface area contributed by atoms with Crippen molar-refractivity contribution in [2.45, 2.75) is 51.9 Å². The van der Waals surface area contributed by atoms with Gasteiger partial charge < -0.3 is 5.11 Å². The van der Waals surface area contributed by atoms with Crippen LogP contribution in [0.3, 0.4) is 0 Å². The van der Waals surface area contributed by atoms with E-state index >= 15 is 0 Å². The first-order valence-corrected chi connectivity index (χ1v) is 5.84. The lowest BCUT2D eigenvalue weighted by atomic mass is 9.84. The summed E-state index contributed by atoms with van der Waals surface area (Å²) in [6.07, 6.45) is 9.76. The van der Waals surface area contributed by atoms with Crippen molar-refractivity contribution < 1.29 is 5.11 Å². The highest BCUT2D eigenvalue weighted by Gasteiger charge is 2.38. The zero-order chi connectivity index (χ0) is 9.31. The van der Waals surface area contributed by atoms with E-state index in [1.165, 1.54) is 44.9 Å². The monoisotopic (exact) mass is 182 g/mol. The van der Waals surface area contributed by atoms with Crippen LogP contribution in [0.25, 0.3) is 0 Å². The van der Waals surface area contributed by atoms with Gasteiger partial charge in [-0.05, 0) is 36.5 Å². The van der Waals surface area contributed by atoms with Crippen LogP contribution in [-0.4, -0.2) is 11.7 Å². The summed E-state index contributed by atoms with van der Waals surface area (Å²) in [6.45, 7) is 2.65. The second-order valence-electron chi connectivity index (χ2n) is 5.52. The fourth-order valence-electron chi connectivity index (χ4n) is 3.35. The van der Waals surface area contributed by atoms with Crippen LogP contribution < -0.4 is 0 Å². The molecule has 1 unspecified atom stereocenters. The third-order valence-electron chi connectivity index (χ3n) is 4.32. The SMILES string of the molecule is C[C@@]1(CO)CCC(C2CCCC2)C1. The highest BCUT2D eigenvalue weighted by Crippen LogP contribution is 2.48. The summed E-state index contributed by atoms with van der Waals surface area (Å²) in [7, 11) is 0. The van der Waals surface area contributed by atoms with Crippen LogP contribution in [0.5, 0.6) is 0 Å². The second kappa shape index (κ2) is 3.61. The smallest absolute Gasteiger partial charge is 0.0484 e. The first kappa shape index (κ1) is 9.51. The third kappa shape index (κ3) is 1.90. The van der Waals surface area contributed by atoms with Crippen molar-refractivity contribution in [1.29, 1.82) is 0 Å². The van der Waals surface area contributed by atoms with Gasteiger partial charge in [-0.25, -0.2) is 0 Å². The average molecular weight is 182 g/mol. The van der Waals surface area contributed by atoms with E-state index in [4.69, 9.17) is 0 Å². The molecular formula is C12H22O. The molecule has 76 valence electrons. The predicted molar refractivity (Wildman–Crippen MR) is 54.5 cm³/mol. The molecule has 1 nitrogen and oxygen atoms in total. The lowest BCUT2D eigenvalue weighted by molar-refractivity contribution is 0.139. The van der Waals surface area contributed by atoms with Crippen molar-refractivity contribution >= 4 is 0 Å². The van der Waals surface area contributed by atoms with E-state index in [1.807, 2.05) is 0 Å². The van der Waals surface area contributed by atoms with Crippen molar-refractivity contribution in [3.05, 3.63) is 0 Å². The maximum Gasteiger partial charge on any atom is 0.0484 e. The Labute approximate surface area is 81.5 Å². The Morgan fingerprint density at radius 2 is 1.85 bits per heavy atom. The van der Waals surface area contributed by atoms with Crippen molar-refractivity contribution in [3.8, 4) is 0 Å². The van der Waals surface area contributed by atoms with Crippen LogP contribution in [0.2, 0.25) is 0 Å². The minimum atomic E-state index is 0.271. The van der Waals surface area contributed by atoms with Gasteiger partial charge in [0.25, 0.3) is 0 Å². The van der Waals surface area contributed by atoms with E-state index in [0.29, 0.717) is 6.61 Å². The van der Waals surface area contributed by atoms with Gasteiger partial charge in [-0.2, -0.15) is 0 Å². The molecule has 0 aromatic heterocycles. The normalized spacial score (nSPS) is 41.5. The molecule has 0 aliphatic heterocycles. The molecule has 2 aliphatic carbocycles. The van der Waals surface area contributed by atoms with Gasteiger partial charge in [-0.1, -0.05) is 32.6 Å². The van der Waals surface area contributed by atoms with Crippen LogP contribution in [0.4, 0.5) is 0 Å². The van der Waals surface area contributed by atoms with Crippen LogP contribution in [0, 0.1) is 17.3 Å². The van der Waals surface area contributed by atoms with Gasteiger partial charge in [-0.3, -0.25) is 0 Å². The van der Waals surface area contributed by atoms with Gasteiger partial charge in [-0.15, -0.1) is 0 Å². The summed E-state index contributed by atoms with van der Waals surface area (Å²) in [4.78, 5) is 0. The lowest BCUT2D eigenvalue weighted by Crippen LogP contribution is -2.18. The van der Waals surface area contributed by atoms with E-state index < -0.39 is 0 Å². The third-order valence-corrected chi connectivity index (χ3v) is 4.32. The highest BCUT2D eigenvalue weighted by molar-refractivity contribution is 4.89. The fraction of sp³-hybridized carbons (Fsp3) is 1.00. The van der Waals surface area contributed by atoms with Gasteiger partial charge >= 0.3 is 0 Å². The lowest BCUT2D eigenvalue weighted by Gasteiger charge is -2.23. The van der Waals surface area contributed by atoms with Gasteiger partial charge in [0.05, 0.1) is 0 Å². The Kier molecular flexibility index (Phi) is 2.64. The molecule has 0 bridgehead atoms. The maximum atomic E-state index is 9.29. The topological polar surface area (TPSA) is 20.2 Å². The van der Waals surface area contributed by atoms with Crippen molar-refractivity contribution in [2.24, 2.45) is 17.3 Å². The molecule has 2 fully saturated rings. The highest BCUT2D eigenvalue weighted by atomic mass is 16.3. The average Bonchev–Trinajstić information content (AvgIpc) is 2.73. The van der Waals surface area contributed by atoms with E-state index in [0.717, 1.165) is 11.8 Å². The second-order valence-corrected chi connectivity index (χ2v) is 5.52. The van der Waals surface area contributed by atoms with Gasteiger partial charge in [0.1, 0.15) is 0 Å². The number of aliphatic hydroxyl groups is 1. The standard InChI is InChI=1S/C12H22O/c1-12(9-13)7-6-11(8-12)10-4-2-3-5-10/h10-11,13H,2-9H2,1H3/t11?,12-/m1/s1. The van der Waals surface area contributed by atoms with Crippen molar-refractivity contribution in [2.75, 3.05) is 6.61 Å². The largest absolute Gasteiger partial charge is 0.396 e. The fourth-order valence-corrected chi connectivity index (χ4v) is 3.35. The zero-order valence-corrected chi connectivity index (χ0v) is 8.76. The molecule has 0 amide bonds. The van der Waals surface area contributed by atoms with Crippen molar-refractivity contribution in [1.82, 2.24) is 0 Å². The Hall–Kier alpha value is -0.0400. The number of hydrogen-bond acceptors (Lipinski definition) is 1. The van der Waals surface area contributed by atoms with Crippen LogP contribution in [0.15, 0.2) is 0 Å². The first-order valence-electron chi connectivity index (χ1n) is 5.84. The number of rotatable bonds is 2. The Morgan fingerprint density at radius 1 is 1.15 bits per heavy atom. The molecule has 0 spiro atoms. The molecule has 0 radical (unpaired) electrons. The number of hydrogen-bond donors (Lipinski definition) is 1. The van der Waals surface area contributed by atoms with Gasteiger partial charge in [0.2, 0.25) is 0 Å². The molecular weight excluding hydrogens is 160 g/mol. The van der Waals surface area contributed by atoms with E-state index in [1.54, 1.807) is 0 Å². The predicted octanol–water partition coefficient (Wildman–Crippen LogP) is 2.98. The summed E-state index contributed by atoms with van der Waals surface area (Å²) >= 11 is 0. The molecule has 2 aliphatic rings. The molecule has 1 heteroatoms. The first-order chi connectivity index (χ1) is 6.23. The molecule has 1 N–H and O–H groups in total. The Balaban J connectivity index is 1.90. The Morgan fingerprint density at radius 3 is 2.38 bits per heavy atom. The van der Waals surface area contributed by atoms with Crippen LogP contribution in [0.1, 0.15) is 51.9 Å².